The number of aromatic amines is 1. The molecule has 0 unspecified atom stereocenters. The Morgan fingerprint density at radius 1 is 1.71 bits per heavy atom. The fourth-order valence-electron chi connectivity index (χ4n) is 0.842. The number of carbonyl (C=O) groups excluding carboxylic acids is 1. The molecule has 0 aromatic carbocycles. The molecule has 1 aromatic heterocycles. The molecular weight excluding hydrogens is 182 g/mol. The van der Waals surface area contributed by atoms with Crippen molar-refractivity contribution in [3.63, 3.8) is 0 Å². The van der Waals surface area contributed by atoms with E-state index in [-0.39, 0.29) is 0 Å². The minimum atomic E-state index is -0.395. The van der Waals surface area contributed by atoms with Crippen molar-refractivity contribution in [3.05, 3.63) is 18.2 Å². The summed E-state index contributed by atoms with van der Waals surface area (Å²) < 4.78 is 4.92. The van der Waals surface area contributed by atoms with Crippen molar-refractivity contribution in [2.75, 3.05) is 6.61 Å². The highest BCUT2D eigenvalue weighted by molar-refractivity contribution is 5.67. The third kappa shape index (κ3) is 3.93. The maximum atomic E-state index is 11.1. The quantitative estimate of drug-likeness (QED) is 0.764. The Hall–Kier alpha value is -1.52. The van der Waals surface area contributed by atoms with Gasteiger partial charge < -0.3 is 15.0 Å². The standard InChI is InChI=1S/C9H15N3O2/c1-7(2)5-14-9(13)11-4-8-3-10-6-12-8/h3,6-7H,4-5H2,1-2H3,(H,10,12)(H,11,13). The summed E-state index contributed by atoms with van der Waals surface area (Å²) in [4.78, 5) is 17.8. The van der Waals surface area contributed by atoms with E-state index in [9.17, 15) is 4.79 Å². The molecule has 0 fully saturated rings. The van der Waals surface area contributed by atoms with Gasteiger partial charge in [0.25, 0.3) is 0 Å². The molecule has 0 atom stereocenters. The van der Waals surface area contributed by atoms with E-state index in [1.165, 1.54) is 0 Å². The number of nitrogens with zero attached hydrogens (tertiary/aromatic N) is 1. The first-order valence-corrected chi connectivity index (χ1v) is 4.56. The average molecular weight is 197 g/mol. The van der Waals surface area contributed by atoms with E-state index >= 15 is 0 Å². The van der Waals surface area contributed by atoms with Crippen molar-refractivity contribution in [2.45, 2.75) is 20.4 Å². The van der Waals surface area contributed by atoms with Crippen LogP contribution in [0.1, 0.15) is 19.5 Å². The number of carbonyl (C=O) groups is 1. The molecule has 1 amide bonds. The number of hydrogen-bond acceptors (Lipinski definition) is 3. The van der Waals surface area contributed by atoms with Gasteiger partial charge in [-0.25, -0.2) is 9.78 Å². The smallest absolute Gasteiger partial charge is 0.407 e. The second kappa shape index (κ2) is 5.26. The lowest BCUT2D eigenvalue weighted by atomic mass is 10.2. The Kier molecular flexibility index (Phi) is 3.97. The summed E-state index contributed by atoms with van der Waals surface area (Å²) >= 11 is 0. The highest BCUT2D eigenvalue weighted by Gasteiger charge is 2.03. The van der Waals surface area contributed by atoms with Crippen molar-refractivity contribution in [1.29, 1.82) is 0 Å². The van der Waals surface area contributed by atoms with Crippen LogP contribution in [0.4, 0.5) is 4.79 Å². The van der Waals surface area contributed by atoms with Gasteiger partial charge in [-0.05, 0) is 5.92 Å². The van der Waals surface area contributed by atoms with E-state index in [1.54, 1.807) is 12.5 Å². The molecule has 2 N–H and O–H groups in total. The van der Waals surface area contributed by atoms with Crippen LogP contribution in [0.2, 0.25) is 0 Å². The van der Waals surface area contributed by atoms with Gasteiger partial charge in [-0.3, -0.25) is 0 Å². The molecular formula is C9H15N3O2. The normalized spacial score (nSPS) is 10.2. The first kappa shape index (κ1) is 10.6. The first-order chi connectivity index (χ1) is 6.68. The topological polar surface area (TPSA) is 67.0 Å². The summed E-state index contributed by atoms with van der Waals surface area (Å²) in [5, 5.41) is 2.61. The third-order valence-corrected chi connectivity index (χ3v) is 1.53. The number of imidazole rings is 1. The lowest BCUT2D eigenvalue weighted by Gasteiger charge is -2.07. The monoisotopic (exact) mass is 197 g/mol. The Bertz CT molecular complexity index is 270. The van der Waals surface area contributed by atoms with Gasteiger partial charge in [0.2, 0.25) is 0 Å². The number of ether oxygens (including phenoxy) is 1. The molecule has 1 aromatic rings. The largest absolute Gasteiger partial charge is 0.449 e. The van der Waals surface area contributed by atoms with Crippen LogP contribution in [0.25, 0.3) is 0 Å². The molecule has 0 radical (unpaired) electrons. The van der Waals surface area contributed by atoms with E-state index in [0.717, 1.165) is 5.69 Å². The summed E-state index contributed by atoms with van der Waals surface area (Å²) in [6.45, 7) is 4.83. The van der Waals surface area contributed by atoms with Gasteiger partial charge in [-0.15, -0.1) is 0 Å². The lowest BCUT2D eigenvalue weighted by molar-refractivity contribution is 0.132. The first-order valence-electron chi connectivity index (χ1n) is 4.56. The van der Waals surface area contributed by atoms with E-state index in [0.29, 0.717) is 19.1 Å². The van der Waals surface area contributed by atoms with Crippen LogP contribution in [0, 0.1) is 5.92 Å². The Balaban J connectivity index is 2.15. The lowest BCUT2D eigenvalue weighted by Crippen LogP contribution is -2.25. The predicted molar refractivity (Wildman–Crippen MR) is 51.6 cm³/mol. The second-order valence-electron chi connectivity index (χ2n) is 3.42. The van der Waals surface area contributed by atoms with E-state index < -0.39 is 6.09 Å². The summed E-state index contributed by atoms with van der Waals surface area (Å²) in [5.74, 6) is 0.355. The maximum absolute atomic E-state index is 11.1. The van der Waals surface area contributed by atoms with Crippen molar-refractivity contribution < 1.29 is 9.53 Å². The molecule has 0 spiro atoms. The minimum absolute atomic E-state index is 0.355. The molecule has 1 rings (SSSR count). The molecule has 0 bridgehead atoms. The van der Waals surface area contributed by atoms with Crippen LogP contribution in [0.15, 0.2) is 12.5 Å². The maximum Gasteiger partial charge on any atom is 0.407 e. The number of hydrogen-bond donors (Lipinski definition) is 2. The van der Waals surface area contributed by atoms with Crippen molar-refractivity contribution >= 4 is 6.09 Å². The predicted octanol–water partition coefficient (Wildman–Crippen LogP) is 1.29. The van der Waals surface area contributed by atoms with E-state index in [1.807, 2.05) is 13.8 Å². The number of alkyl carbamates (subject to hydrolysis) is 1. The van der Waals surface area contributed by atoms with Gasteiger partial charge in [0, 0.05) is 6.20 Å². The molecule has 0 aliphatic carbocycles. The minimum Gasteiger partial charge on any atom is -0.449 e. The molecule has 14 heavy (non-hydrogen) atoms. The molecule has 5 nitrogen and oxygen atoms in total. The molecule has 78 valence electrons. The molecule has 0 aliphatic rings. The number of nitrogens with one attached hydrogen (secondary N) is 2. The molecule has 1 heterocycles. The van der Waals surface area contributed by atoms with Crippen LogP contribution < -0.4 is 5.32 Å². The van der Waals surface area contributed by atoms with Crippen molar-refractivity contribution in [1.82, 2.24) is 15.3 Å². The summed E-state index contributed by atoms with van der Waals surface area (Å²) in [6.07, 6.45) is 2.83. The SMILES string of the molecule is CC(C)COC(=O)NCc1cnc[nH]1. The molecule has 0 saturated carbocycles. The Morgan fingerprint density at radius 2 is 2.50 bits per heavy atom. The van der Waals surface area contributed by atoms with Gasteiger partial charge in [-0.2, -0.15) is 0 Å². The van der Waals surface area contributed by atoms with E-state index in [2.05, 4.69) is 15.3 Å². The number of aromatic nitrogens is 2. The van der Waals surface area contributed by atoms with Crippen LogP contribution in [0.3, 0.4) is 0 Å². The van der Waals surface area contributed by atoms with Gasteiger partial charge in [0.05, 0.1) is 25.2 Å². The zero-order valence-corrected chi connectivity index (χ0v) is 8.41. The van der Waals surface area contributed by atoms with Crippen LogP contribution >= 0.6 is 0 Å². The van der Waals surface area contributed by atoms with Gasteiger partial charge in [0.15, 0.2) is 0 Å². The fourth-order valence-corrected chi connectivity index (χ4v) is 0.842. The van der Waals surface area contributed by atoms with Gasteiger partial charge >= 0.3 is 6.09 Å². The third-order valence-electron chi connectivity index (χ3n) is 1.53. The van der Waals surface area contributed by atoms with Crippen LogP contribution in [-0.4, -0.2) is 22.7 Å². The zero-order valence-electron chi connectivity index (χ0n) is 8.41. The summed E-state index contributed by atoms with van der Waals surface area (Å²) in [6, 6.07) is 0. The fraction of sp³-hybridized carbons (Fsp3) is 0.556. The van der Waals surface area contributed by atoms with Crippen LogP contribution in [-0.2, 0) is 11.3 Å². The Labute approximate surface area is 82.9 Å². The summed E-state index contributed by atoms with van der Waals surface area (Å²) in [5.41, 5.74) is 0.853. The molecule has 0 saturated heterocycles. The van der Waals surface area contributed by atoms with Crippen LogP contribution in [0.5, 0.6) is 0 Å². The van der Waals surface area contributed by atoms with Crippen molar-refractivity contribution in [2.24, 2.45) is 5.92 Å². The van der Waals surface area contributed by atoms with E-state index in [4.69, 9.17) is 4.74 Å². The van der Waals surface area contributed by atoms with Crippen molar-refractivity contribution in [3.8, 4) is 0 Å². The highest BCUT2D eigenvalue weighted by Crippen LogP contribution is 1.94. The zero-order chi connectivity index (χ0) is 10.4. The Morgan fingerprint density at radius 3 is 3.07 bits per heavy atom. The highest BCUT2D eigenvalue weighted by atomic mass is 16.5. The number of amides is 1. The molecule has 0 aliphatic heterocycles. The van der Waals surface area contributed by atoms with Gasteiger partial charge in [-0.1, -0.05) is 13.8 Å². The average Bonchev–Trinajstić information content (AvgIpc) is 2.63. The molecule has 5 heteroatoms. The number of H-pyrrole nitrogens is 1. The number of rotatable bonds is 4. The second-order valence-corrected chi connectivity index (χ2v) is 3.42. The van der Waals surface area contributed by atoms with Gasteiger partial charge in [0.1, 0.15) is 0 Å². The summed E-state index contributed by atoms with van der Waals surface area (Å²) in [7, 11) is 0.